The van der Waals surface area contributed by atoms with E-state index in [4.69, 9.17) is 4.74 Å². The monoisotopic (exact) mass is 336 g/mol. The molecule has 128 valence electrons. The van der Waals surface area contributed by atoms with Gasteiger partial charge in [-0.1, -0.05) is 18.2 Å². The topological polar surface area (TPSA) is 60.2 Å². The van der Waals surface area contributed by atoms with E-state index in [0.29, 0.717) is 19.0 Å². The third-order valence-electron chi connectivity index (χ3n) is 4.54. The maximum atomic E-state index is 12.7. The van der Waals surface area contributed by atoms with Crippen molar-refractivity contribution in [2.24, 2.45) is 0 Å². The van der Waals surface area contributed by atoms with Crippen LogP contribution in [0.1, 0.15) is 12.8 Å². The van der Waals surface area contributed by atoms with Gasteiger partial charge >= 0.3 is 0 Å². The lowest BCUT2D eigenvalue weighted by Gasteiger charge is -2.32. The minimum Gasteiger partial charge on any atom is -0.471 e. The van der Waals surface area contributed by atoms with Gasteiger partial charge in [-0.2, -0.15) is 0 Å². The average molecular weight is 336 g/mol. The van der Waals surface area contributed by atoms with Gasteiger partial charge in [0.2, 0.25) is 11.8 Å². The Kier molecular flexibility index (Phi) is 4.33. The molecular weight excluding hydrogens is 316 g/mol. The molecule has 0 spiro atoms. The molecule has 0 saturated carbocycles. The van der Waals surface area contributed by atoms with Crippen LogP contribution in [0.2, 0.25) is 0 Å². The number of para-hydroxylation sites is 1. The molecule has 6 heteroatoms. The molecule has 3 aromatic rings. The van der Waals surface area contributed by atoms with Crippen LogP contribution in [0.25, 0.3) is 10.9 Å². The zero-order valence-electron chi connectivity index (χ0n) is 13.9. The maximum Gasteiger partial charge on any atom is 0.242 e. The molecular formula is C19H20N4O2. The molecule has 1 aromatic carbocycles. The van der Waals surface area contributed by atoms with E-state index in [9.17, 15) is 4.79 Å². The van der Waals surface area contributed by atoms with Crippen molar-refractivity contribution in [1.82, 2.24) is 19.4 Å². The molecule has 1 aliphatic rings. The summed E-state index contributed by atoms with van der Waals surface area (Å²) < 4.78 is 7.87. The number of carbonyl (C=O) groups excluding carboxylic acids is 1. The van der Waals surface area contributed by atoms with E-state index in [0.717, 1.165) is 30.3 Å². The van der Waals surface area contributed by atoms with Crippen LogP contribution >= 0.6 is 0 Å². The Morgan fingerprint density at radius 1 is 1.24 bits per heavy atom. The first-order valence-electron chi connectivity index (χ1n) is 8.54. The van der Waals surface area contributed by atoms with Crippen molar-refractivity contribution in [3.63, 3.8) is 0 Å². The zero-order valence-corrected chi connectivity index (χ0v) is 13.9. The first-order valence-corrected chi connectivity index (χ1v) is 8.54. The average Bonchev–Trinajstić information content (AvgIpc) is 3.06. The molecule has 1 unspecified atom stereocenters. The summed E-state index contributed by atoms with van der Waals surface area (Å²) in [4.78, 5) is 22.8. The Balaban J connectivity index is 1.41. The third-order valence-corrected chi connectivity index (χ3v) is 4.54. The maximum absolute atomic E-state index is 12.7. The van der Waals surface area contributed by atoms with Gasteiger partial charge < -0.3 is 14.2 Å². The molecule has 25 heavy (non-hydrogen) atoms. The lowest BCUT2D eigenvalue weighted by molar-refractivity contribution is -0.134. The van der Waals surface area contributed by atoms with Gasteiger partial charge in [0.05, 0.1) is 12.7 Å². The molecule has 1 fully saturated rings. The highest BCUT2D eigenvalue weighted by Gasteiger charge is 2.25. The van der Waals surface area contributed by atoms with Crippen molar-refractivity contribution in [2.75, 3.05) is 13.1 Å². The van der Waals surface area contributed by atoms with Crippen molar-refractivity contribution in [3.05, 3.63) is 55.1 Å². The van der Waals surface area contributed by atoms with Crippen LogP contribution in [0.15, 0.2) is 55.1 Å². The molecule has 1 saturated heterocycles. The predicted octanol–water partition coefficient (Wildman–Crippen LogP) is 2.50. The van der Waals surface area contributed by atoms with E-state index in [-0.39, 0.29) is 12.0 Å². The van der Waals surface area contributed by atoms with Gasteiger partial charge in [0.15, 0.2) is 0 Å². The van der Waals surface area contributed by atoms with E-state index >= 15 is 0 Å². The van der Waals surface area contributed by atoms with Crippen molar-refractivity contribution in [1.29, 1.82) is 0 Å². The highest BCUT2D eigenvalue weighted by Crippen LogP contribution is 2.18. The Labute approximate surface area is 146 Å². The molecule has 1 amide bonds. The van der Waals surface area contributed by atoms with Gasteiger partial charge in [-0.3, -0.25) is 9.78 Å². The number of benzene rings is 1. The summed E-state index contributed by atoms with van der Waals surface area (Å²) in [5, 5.41) is 1.15. The second-order valence-electron chi connectivity index (χ2n) is 6.27. The van der Waals surface area contributed by atoms with Crippen molar-refractivity contribution in [3.8, 4) is 5.88 Å². The van der Waals surface area contributed by atoms with Gasteiger partial charge in [-0.05, 0) is 30.4 Å². The molecule has 0 bridgehead atoms. The van der Waals surface area contributed by atoms with Gasteiger partial charge in [0.1, 0.15) is 12.6 Å². The van der Waals surface area contributed by atoms with E-state index in [2.05, 4.69) is 16.0 Å². The molecule has 4 rings (SSSR count). The molecule has 2 aromatic heterocycles. The van der Waals surface area contributed by atoms with Crippen LogP contribution in [0.3, 0.4) is 0 Å². The zero-order chi connectivity index (χ0) is 17.1. The quantitative estimate of drug-likeness (QED) is 0.734. The first kappa shape index (κ1) is 15.6. The molecule has 3 heterocycles. The van der Waals surface area contributed by atoms with E-state index in [1.807, 2.05) is 39.9 Å². The molecule has 6 nitrogen and oxygen atoms in total. The first-order chi connectivity index (χ1) is 12.3. The Bertz CT molecular complexity index is 862. The summed E-state index contributed by atoms with van der Waals surface area (Å²) in [6.07, 6.45) is 8.63. The molecule has 0 radical (unpaired) electrons. The predicted molar refractivity (Wildman–Crippen MR) is 94.2 cm³/mol. The van der Waals surface area contributed by atoms with Crippen LogP contribution in [0.5, 0.6) is 5.88 Å². The van der Waals surface area contributed by atoms with Gasteiger partial charge in [-0.25, -0.2) is 4.98 Å². The fourth-order valence-corrected chi connectivity index (χ4v) is 3.30. The molecule has 1 aliphatic heterocycles. The largest absolute Gasteiger partial charge is 0.471 e. The van der Waals surface area contributed by atoms with E-state index < -0.39 is 0 Å². The highest BCUT2D eigenvalue weighted by atomic mass is 16.5. The van der Waals surface area contributed by atoms with E-state index in [1.165, 1.54) is 0 Å². The van der Waals surface area contributed by atoms with Gasteiger partial charge in [0, 0.05) is 30.7 Å². The molecule has 1 atom stereocenters. The number of amides is 1. The normalized spacial score (nSPS) is 17.6. The summed E-state index contributed by atoms with van der Waals surface area (Å²) in [6.45, 7) is 1.72. The number of fused-ring (bicyclic) bond motifs is 1. The van der Waals surface area contributed by atoms with Crippen LogP contribution in [0, 0.1) is 0 Å². The second-order valence-corrected chi connectivity index (χ2v) is 6.27. The minimum absolute atomic E-state index is 0.0317. The summed E-state index contributed by atoms with van der Waals surface area (Å²) in [6, 6.07) is 10.1. The number of piperidine rings is 1. The fourth-order valence-electron chi connectivity index (χ4n) is 3.30. The smallest absolute Gasteiger partial charge is 0.242 e. The van der Waals surface area contributed by atoms with Crippen LogP contribution < -0.4 is 4.74 Å². The van der Waals surface area contributed by atoms with Gasteiger partial charge in [0.25, 0.3) is 0 Å². The standard InChI is InChI=1S/C19H20N4O2/c24-19(14-22-11-7-15-4-1-2-6-17(15)22)23-10-3-5-16(13-23)25-18-12-20-8-9-21-18/h1-2,4,6-9,11-12,16H,3,5,10,13-14H2. The Hall–Kier alpha value is -2.89. The number of nitrogens with zero attached hydrogens (tertiary/aromatic N) is 4. The van der Waals surface area contributed by atoms with Gasteiger partial charge in [-0.15, -0.1) is 0 Å². The lowest BCUT2D eigenvalue weighted by Crippen LogP contribution is -2.45. The minimum atomic E-state index is -0.0317. The number of ether oxygens (including phenoxy) is 1. The van der Waals surface area contributed by atoms with Crippen LogP contribution in [-0.2, 0) is 11.3 Å². The Morgan fingerprint density at radius 2 is 2.16 bits per heavy atom. The van der Waals surface area contributed by atoms with Crippen molar-refractivity contribution < 1.29 is 9.53 Å². The number of rotatable bonds is 4. The summed E-state index contributed by atoms with van der Waals surface area (Å²) in [5.41, 5.74) is 1.08. The molecule has 0 aliphatic carbocycles. The number of hydrogen-bond acceptors (Lipinski definition) is 4. The lowest BCUT2D eigenvalue weighted by atomic mass is 10.1. The Morgan fingerprint density at radius 3 is 3.04 bits per heavy atom. The summed E-state index contributed by atoms with van der Waals surface area (Å²) in [5.74, 6) is 0.631. The summed E-state index contributed by atoms with van der Waals surface area (Å²) >= 11 is 0. The third kappa shape index (κ3) is 3.47. The number of aromatic nitrogens is 3. The van der Waals surface area contributed by atoms with Crippen LogP contribution in [0.4, 0.5) is 0 Å². The van der Waals surface area contributed by atoms with Crippen LogP contribution in [-0.4, -0.2) is 44.5 Å². The highest BCUT2D eigenvalue weighted by molar-refractivity contribution is 5.83. The number of likely N-dealkylation sites (tertiary alicyclic amines) is 1. The number of hydrogen-bond donors (Lipinski definition) is 0. The second kappa shape index (κ2) is 6.93. The SMILES string of the molecule is O=C(Cn1ccc2ccccc21)N1CCCC(Oc2cnccn2)C1. The van der Waals surface area contributed by atoms with Crippen molar-refractivity contribution in [2.45, 2.75) is 25.5 Å². The summed E-state index contributed by atoms with van der Waals surface area (Å²) in [7, 11) is 0. The number of carbonyl (C=O) groups is 1. The molecule has 0 N–H and O–H groups in total. The fraction of sp³-hybridized carbons (Fsp3) is 0.316. The van der Waals surface area contributed by atoms with E-state index in [1.54, 1.807) is 18.6 Å². The van der Waals surface area contributed by atoms with Crippen molar-refractivity contribution >= 4 is 16.8 Å².